The van der Waals surface area contributed by atoms with Gasteiger partial charge in [-0.3, -0.25) is 14.6 Å². The summed E-state index contributed by atoms with van der Waals surface area (Å²) in [4.78, 5) is 30.5. The van der Waals surface area contributed by atoms with E-state index in [4.69, 9.17) is 9.47 Å². The van der Waals surface area contributed by atoms with Crippen molar-refractivity contribution in [3.05, 3.63) is 76.9 Å². The number of benzene rings is 2. The fourth-order valence-electron chi connectivity index (χ4n) is 4.63. The topological polar surface area (TPSA) is 89.0 Å². The standard InChI is InChI=1S/C28H29FN2O5/c1-3-36-25-10-6-18(16-28(33)34)15-21(25)19-7-8-23(29)20-12-14-31(17-22(19)20)27(32)11-9-24-26(35-2)5-4-13-30-24/h4-8,10,13,15H,3,9,11-12,14,16-17H2,1-2H3,(H,33,34). The number of amides is 1. The Bertz CT molecular complexity index is 1280. The van der Waals surface area contributed by atoms with E-state index in [-0.39, 0.29) is 31.1 Å². The largest absolute Gasteiger partial charge is 0.495 e. The van der Waals surface area contributed by atoms with Crippen LogP contribution in [0.1, 0.15) is 35.7 Å². The van der Waals surface area contributed by atoms with E-state index in [0.29, 0.717) is 59.9 Å². The summed E-state index contributed by atoms with van der Waals surface area (Å²) in [6, 6.07) is 12.0. The third-order valence-electron chi connectivity index (χ3n) is 6.34. The van der Waals surface area contributed by atoms with Crippen molar-refractivity contribution in [1.29, 1.82) is 0 Å². The number of hydrogen-bond donors (Lipinski definition) is 1. The van der Waals surface area contributed by atoms with Crippen molar-refractivity contribution in [1.82, 2.24) is 9.88 Å². The number of fused-ring (bicyclic) bond motifs is 1. The fourth-order valence-corrected chi connectivity index (χ4v) is 4.63. The molecule has 2 heterocycles. The highest BCUT2D eigenvalue weighted by Gasteiger charge is 2.27. The van der Waals surface area contributed by atoms with Gasteiger partial charge in [-0.05, 0) is 65.9 Å². The first-order valence-electron chi connectivity index (χ1n) is 11.9. The first-order chi connectivity index (χ1) is 17.4. The Morgan fingerprint density at radius 2 is 1.94 bits per heavy atom. The Morgan fingerprint density at radius 3 is 2.69 bits per heavy atom. The molecular formula is C28H29FN2O5. The third kappa shape index (κ3) is 5.48. The van der Waals surface area contributed by atoms with Crippen LogP contribution in [0.25, 0.3) is 11.1 Å². The van der Waals surface area contributed by atoms with E-state index in [9.17, 15) is 19.1 Å². The number of pyridine rings is 1. The number of carboxylic acid groups (broad SMARTS) is 1. The van der Waals surface area contributed by atoms with E-state index in [1.165, 1.54) is 6.07 Å². The van der Waals surface area contributed by atoms with Gasteiger partial charge in [0.15, 0.2) is 0 Å². The first-order valence-corrected chi connectivity index (χ1v) is 11.9. The van der Waals surface area contributed by atoms with Gasteiger partial charge in [0.05, 0.1) is 25.8 Å². The molecule has 0 unspecified atom stereocenters. The van der Waals surface area contributed by atoms with Crippen molar-refractivity contribution in [2.24, 2.45) is 0 Å². The van der Waals surface area contributed by atoms with Crippen LogP contribution in [0, 0.1) is 5.82 Å². The minimum atomic E-state index is -0.937. The molecule has 7 nitrogen and oxygen atoms in total. The van der Waals surface area contributed by atoms with Crippen molar-refractivity contribution in [2.45, 2.75) is 39.2 Å². The molecule has 0 fully saturated rings. The molecule has 1 aliphatic rings. The number of aromatic nitrogens is 1. The molecule has 1 amide bonds. The van der Waals surface area contributed by atoms with Crippen LogP contribution >= 0.6 is 0 Å². The average Bonchev–Trinajstić information content (AvgIpc) is 2.88. The van der Waals surface area contributed by atoms with Crippen LogP contribution < -0.4 is 9.47 Å². The van der Waals surface area contributed by atoms with Gasteiger partial charge >= 0.3 is 5.97 Å². The van der Waals surface area contributed by atoms with Gasteiger partial charge in [0.2, 0.25) is 5.91 Å². The molecule has 0 radical (unpaired) electrons. The number of nitrogens with zero attached hydrogens (tertiary/aromatic N) is 2. The highest BCUT2D eigenvalue weighted by molar-refractivity contribution is 5.80. The molecule has 36 heavy (non-hydrogen) atoms. The molecule has 1 N–H and O–H groups in total. The number of halogens is 1. The molecule has 0 atom stereocenters. The van der Waals surface area contributed by atoms with Crippen LogP contribution in [0.3, 0.4) is 0 Å². The van der Waals surface area contributed by atoms with Crippen molar-refractivity contribution < 1.29 is 28.6 Å². The summed E-state index contributed by atoms with van der Waals surface area (Å²) in [5.74, 6) is -0.0611. The molecule has 2 aromatic carbocycles. The van der Waals surface area contributed by atoms with Gasteiger partial charge in [0.25, 0.3) is 0 Å². The Kier molecular flexibility index (Phi) is 7.83. The Balaban J connectivity index is 1.63. The summed E-state index contributed by atoms with van der Waals surface area (Å²) in [7, 11) is 1.57. The molecule has 1 aromatic heterocycles. The predicted octanol–water partition coefficient (Wildman–Crippen LogP) is 4.44. The van der Waals surface area contributed by atoms with Gasteiger partial charge in [-0.1, -0.05) is 12.1 Å². The summed E-state index contributed by atoms with van der Waals surface area (Å²) in [6.45, 7) is 2.97. The van der Waals surface area contributed by atoms with Crippen molar-refractivity contribution in [3.8, 4) is 22.6 Å². The number of aliphatic carboxylic acids is 1. The molecule has 0 spiro atoms. The minimum Gasteiger partial charge on any atom is -0.495 e. The van der Waals surface area contributed by atoms with Gasteiger partial charge in [-0.25, -0.2) is 4.39 Å². The number of aryl methyl sites for hydroxylation is 1. The highest BCUT2D eigenvalue weighted by Crippen LogP contribution is 2.38. The van der Waals surface area contributed by atoms with Crippen LogP contribution in [0.5, 0.6) is 11.5 Å². The molecule has 1 aliphatic heterocycles. The van der Waals surface area contributed by atoms with Gasteiger partial charge in [-0.2, -0.15) is 0 Å². The van der Waals surface area contributed by atoms with E-state index < -0.39 is 5.97 Å². The predicted molar refractivity (Wildman–Crippen MR) is 133 cm³/mol. The number of rotatable bonds is 9. The van der Waals surface area contributed by atoms with Crippen molar-refractivity contribution in [2.75, 3.05) is 20.3 Å². The number of ether oxygens (including phenoxy) is 2. The van der Waals surface area contributed by atoms with Crippen LogP contribution in [0.4, 0.5) is 4.39 Å². The normalized spacial score (nSPS) is 12.7. The molecule has 188 valence electrons. The number of carboxylic acids is 1. The summed E-state index contributed by atoms with van der Waals surface area (Å²) >= 11 is 0. The zero-order valence-electron chi connectivity index (χ0n) is 20.4. The second-order valence-corrected chi connectivity index (χ2v) is 8.60. The lowest BCUT2D eigenvalue weighted by Crippen LogP contribution is -2.36. The molecule has 4 rings (SSSR count). The van der Waals surface area contributed by atoms with E-state index in [0.717, 1.165) is 11.1 Å². The molecule has 0 saturated carbocycles. The molecule has 8 heteroatoms. The monoisotopic (exact) mass is 492 g/mol. The van der Waals surface area contributed by atoms with Crippen LogP contribution in [0.15, 0.2) is 48.7 Å². The minimum absolute atomic E-state index is 0.0479. The molecule has 0 bridgehead atoms. The smallest absolute Gasteiger partial charge is 0.307 e. The maximum atomic E-state index is 14.8. The van der Waals surface area contributed by atoms with Gasteiger partial charge in [0, 0.05) is 37.7 Å². The summed E-state index contributed by atoms with van der Waals surface area (Å²) in [5, 5.41) is 9.25. The first kappa shape index (κ1) is 25.2. The third-order valence-corrected chi connectivity index (χ3v) is 6.34. The van der Waals surface area contributed by atoms with E-state index >= 15 is 0 Å². The maximum absolute atomic E-state index is 14.8. The lowest BCUT2D eigenvalue weighted by Gasteiger charge is -2.31. The second-order valence-electron chi connectivity index (χ2n) is 8.60. The summed E-state index contributed by atoms with van der Waals surface area (Å²) in [6.07, 6.45) is 2.62. The van der Waals surface area contributed by atoms with E-state index in [1.54, 1.807) is 48.5 Å². The van der Waals surface area contributed by atoms with Crippen molar-refractivity contribution >= 4 is 11.9 Å². The number of carbonyl (C=O) groups is 2. The molecule has 3 aromatic rings. The Hall–Kier alpha value is -3.94. The summed E-state index contributed by atoms with van der Waals surface area (Å²) < 4.78 is 26.0. The number of methoxy groups -OCH3 is 1. The van der Waals surface area contributed by atoms with Gasteiger partial charge < -0.3 is 19.5 Å². The zero-order chi connectivity index (χ0) is 25.7. The SMILES string of the molecule is CCOc1ccc(CC(=O)O)cc1-c1ccc(F)c2c1CN(C(=O)CCc1ncccc1OC)CC2. The highest BCUT2D eigenvalue weighted by atomic mass is 19.1. The van der Waals surface area contributed by atoms with Gasteiger partial charge in [0.1, 0.15) is 17.3 Å². The lowest BCUT2D eigenvalue weighted by atomic mass is 9.89. The number of hydrogen-bond acceptors (Lipinski definition) is 5. The van der Waals surface area contributed by atoms with Crippen LogP contribution in [-0.4, -0.2) is 47.1 Å². The van der Waals surface area contributed by atoms with Crippen LogP contribution in [-0.2, 0) is 35.4 Å². The molecule has 0 saturated heterocycles. The van der Waals surface area contributed by atoms with E-state index in [2.05, 4.69) is 4.98 Å². The number of carbonyl (C=O) groups excluding carboxylic acids is 1. The Labute approximate surface area is 209 Å². The van der Waals surface area contributed by atoms with E-state index in [1.807, 2.05) is 13.0 Å². The maximum Gasteiger partial charge on any atom is 0.307 e. The zero-order valence-corrected chi connectivity index (χ0v) is 20.4. The summed E-state index contributed by atoms with van der Waals surface area (Å²) in [5.41, 5.74) is 4.07. The molecular weight excluding hydrogens is 463 g/mol. The molecule has 0 aliphatic carbocycles. The quantitative estimate of drug-likeness (QED) is 0.475. The Morgan fingerprint density at radius 1 is 1.11 bits per heavy atom. The lowest BCUT2D eigenvalue weighted by molar-refractivity contribution is -0.136. The second kappa shape index (κ2) is 11.2. The average molecular weight is 493 g/mol. The van der Waals surface area contributed by atoms with Crippen LogP contribution in [0.2, 0.25) is 0 Å². The fraction of sp³-hybridized carbons (Fsp3) is 0.321. The van der Waals surface area contributed by atoms with Gasteiger partial charge in [-0.15, -0.1) is 0 Å². The van der Waals surface area contributed by atoms with Crippen molar-refractivity contribution in [3.63, 3.8) is 0 Å².